The summed E-state index contributed by atoms with van der Waals surface area (Å²) in [6.07, 6.45) is 1.00. The maximum absolute atomic E-state index is 8.58. The average molecular weight is 284 g/mol. The molecule has 6 heteroatoms. The summed E-state index contributed by atoms with van der Waals surface area (Å²) in [7, 11) is -1.48. The minimum atomic E-state index is -1.34. The lowest BCUT2D eigenvalue weighted by Gasteiger charge is -2.19. The Labute approximate surface area is 125 Å². The normalized spacial score (nSPS) is 14.1. The molecule has 4 nitrogen and oxygen atoms in total. The maximum Gasteiger partial charge on any atom is 0.493 e. The molecular formula is C15H18B2O4. The smallest absolute Gasteiger partial charge is 0.423 e. The molecule has 0 amide bonds. The summed E-state index contributed by atoms with van der Waals surface area (Å²) in [6, 6.07) is 18.7. The molecule has 0 unspecified atom stereocenters. The van der Waals surface area contributed by atoms with Crippen LogP contribution in [0.25, 0.3) is 0 Å². The first-order valence-electron chi connectivity index (χ1n) is 6.96. The number of hydrogen-bond acceptors (Lipinski definition) is 4. The highest BCUT2D eigenvalue weighted by Gasteiger charge is 2.23. The summed E-state index contributed by atoms with van der Waals surface area (Å²) in [6.45, 7) is 1.61. The van der Waals surface area contributed by atoms with E-state index in [1.807, 2.05) is 36.4 Å². The predicted octanol–water partition coefficient (Wildman–Crippen LogP) is 0.185. The molecule has 0 atom stereocenters. The van der Waals surface area contributed by atoms with Crippen molar-refractivity contribution in [1.29, 1.82) is 0 Å². The van der Waals surface area contributed by atoms with E-state index >= 15 is 0 Å². The van der Waals surface area contributed by atoms with Gasteiger partial charge in [0.05, 0.1) is 0 Å². The van der Waals surface area contributed by atoms with Gasteiger partial charge in [0.1, 0.15) is 0 Å². The first-order chi connectivity index (χ1) is 10.3. The molecule has 0 bridgehead atoms. The minimum Gasteiger partial charge on any atom is -0.423 e. The zero-order valence-corrected chi connectivity index (χ0v) is 11.8. The van der Waals surface area contributed by atoms with Crippen LogP contribution < -0.4 is 10.9 Å². The van der Waals surface area contributed by atoms with E-state index in [2.05, 4.69) is 0 Å². The molecule has 0 spiro atoms. The van der Waals surface area contributed by atoms with E-state index in [9.17, 15) is 0 Å². The van der Waals surface area contributed by atoms with Crippen molar-refractivity contribution in [2.24, 2.45) is 0 Å². The third-order valence-electron chi connectivity index (χ3n) is 3.00. The van der Waals surface area contributed by atoms with Crippen LogP contribution in [0.1, 0.15) is 6.42 Å². The van der Waals surface area contributed by atoms with Gasteiger partial charge >= 0.3 is 14.2 Å². The molecule has 0 aromatic heterocycles. The molecule has 21 heavy (non-hydrogen) atoms. The van der Waals surface area contributed by atoms with Gasteiger partial charge in [-0.1, -0.05) is 60.7 Å². The van der Waals surface area contributed by atoms with Crippen LogP contribution in [0.4, 0.5) is 0 Å². The van der Waals surface area contributed by atoms with E-state index in [0.717, 1.165) is 25.1 Å². The molecule has 1 heterocycles. The van der Waals surface area contributed by atoms with Gasteiger partial charge in [0.2, 0.25) is 0 Å². The Morgan fingerprint density at radius 2 is 1.33 bits per heavy atom. The highest BCUT2D eigenvalue weighted by atomic mass is 16.6. The number of hydrogen-bond donors (Lipinski definition) is 2. The molecule has 0 aliphatic carbocycles. The Kier molecular flexibility index (Phi) is 6.50. The fourth-order valence-corrected chi connectivity index (χ4v) is 1.92. The van der Waals surface area contributed by atoms with Crippen LogP contribution in [0.15, 0.2) is 60.7 Å². The third-order valence-corrected chi connectivity index (χ3v) is 3.00. The Morgan fingerprint density at radius 3 is 1.81 bits per heavy atom. The van der Waals surface area contributed by atoms with Crippen LogP contribution in [-0.4, -0.2) is 37.5 Å². The molecule has 1 fully saturated rings. The van der Waals surface area contributed by atoms with Crippen LogP contribution in [-0.2, 0) is 9.31 Å². The number of benzene rings is 2. The fraction of sp³-hybridized carbons (Fsp3) is 0.200. The second kappa shape index (κ2) is 8.64. The van der Waals surface area contributed by atoms with Gasteiger partial charge in [-0.05, 0) is 17.3 Å². The number of rotatable bonds is 2. The summed E-state index contributed by atoms with van der Waals surface area (Å²) in [5.41, 5.74) is 1.63. The lowest BCUT2D eigenvalue weighted by molar-refractivity contribution is 0.143. The molecule has 0 radical (unpaired) electrons. The van der Waals surface area contributed by atoms with Crippen molar-refractivity contribution >= 4 is 25.2 Å². The Morgan fingerprint density at radius 1 is 0.810 bits per heavy atom. The Balaban J connectivity index is 0.000000161. The van der Waals surface area contributed by atoms with Gasteiger partial charge in [0, 0.05) is 13.2 Å². The van der Waals surface area contributed by atoms with Gasteiger partial charge in [0.25, 0.3) is 0 Å². The molecule has 2 aromatic carbocycles. The van der Waals surface area contributed by atoms with E-state index in [0.29, 0.717) is 5.46 Å². The van der Waals surface area contributed by atoms with E-state index < -0.39 is 7.12 Å². The minimum absolute atomic E-state index is 0.139. The predicted molar refractivity (Wildman–Crippen MR) is 84.6 cm³/mol. The standard InChI is InChI=1S/C9H11BO2.C6H7BO2/c1-2-5-9(6-3-1)10-11-7-4-8-12-10;8-7(9)6-4-2-1-3-5-6/h1-3,5-6H,4,7-8H2;1-5,8-9H. The van der Waals surface area contributed by atoms with Gasteiger partial charge in [-0.15, -0.1) is 0 Å². The van der Waals surface area contributed by atoms with Crippen molar-refractivity contribution in [3.63, 3.8) is 0 Å². The SMILES string of the molecule is OB(O)c1ccccc1.c1ccc(B2OCCCO2)cc1. The molecule has 2 N–H and O–H groups in total. The van der Waals surface area contributed by atoms with Crippen LogP contribution in [0.2, 0.25) is 0 Å². The lowest BCUT2D eigenvalue weighted by atomic mass is 9.78. The first kappa shape index (κ1) is 15.8. The van der Waals surface area contributed by atoms with Gasteiger partial charge in [-0.25, -0.2) is 0 Å². The zero-order chi connectivity index (χ0) is 14.9. The summed E-state index contributed by atoms with van der Waals surface area (Å²) in [4.78, 5) is 0. The van der Waals surface area contributed by atoms with Gasteiger partial charge in [-0.2, -0.15) is 0 Å². The van der Waals surface area contributed by atoms with Crippen molar-refractivity contribution in [1.82, 2.24) is 0 Å². The third kappa shape index (κ3) is 5.36. The second-order valence-electron chi connectivity index (χ2n) is 4.62. The Bertz CT molecular complexity index is 502. The first-order valence-corrected chi connectivity index (χ1v) is 6.96. The summed E-state index contributed by atoms with van der Waals surface area (Å²) in [5, 5.41) is 17.2. The van der Waals surface area contributed by atoms with E-state index in [4.69, 9.17) is 19.4 Å². The summed E-state index contributed by atoms with van der Waals surface area (Å²) < 4.78 is 10.9. The van der Waals surface area contributed by atoms with Crippen molar-refractivity contribution in [3.05, 3.63) is 60.7 Å². The molecule has 1 aliphatic heterocycles. The molecule has 2 aromatic rings. The van der Waals surface area contributed by atoms with Crippen molar-refractivity contribution in [2.45, 2.75) is 6.42 Å². The van der Waals surface area contributed by atoms with Crippen molar-refractivity contribution < 1.29 is 19.4 Å². The van der Waals surface area contributed by atoms with Crippen molar-refractivity contribution in [2.75, 3.05) is 13.2 Å². The van der Waals surface area contributed by atoms with E-state index in [1.54, 1.807) is 24.3 Å². The highest BCUT2D eigenvalue weighted by molar-refractivity contribution is 6.61. The molecule has 1 aliphatic rings. The molecule has 108 valence electrons. The van der Waals surface area contributed by atoms with Crippen LogP contribution in [0.3, 0.4) is 0 Å². The van der Waals surface area contributed by atoms with Crippen LogP contribution >= 0.6 is 0 Å². The van der Waals surface area contributed by atoms with Gasteiger partial charge in [-0.3, -0.25) is 0 Å². The van der Waals surface area contributed by atoms with Gasteiger partial charge < -0.3 is 19.4 Å². The average Bonchev–Trinajstić information content (AvgIpc) is 2.58. The molecular weight excluding hydrogens is 266 g/mol. The summed E-state index contributed by atoms with van der Waals surface area (Å²) in [5.74, 6) is 0. The van der Waals surface area contributed by atoms with Crippen LogP contribution in [0, 0.1) is 0 Å². The lowest BCUT2D eigenvalue weighted by Crippen LogP contribution is -2.40. The van der Waals surface area contributed by atoms with Crippen LogP contribution in [0.5, 0.6) is 0 Å². The topological polar surface area (TPSA) is 58.9 Å². The van der Waals surface area contributed by atoms with Crippen molar-refractivity contribution in [3.8, 4) is 0 Å². The van der Waals surface area contributed by atoms with E-state index in [-0.39, 0.29) is 7.12 Å². The molecule has 0 saturated carbocycles. The quantitative estimate of drug-likeness (QED) is 0.773. The summed E-state index contributed by atoms with van der Waals surface area (Å²) >= 11 is 0. The maximum atomic E-state index is 8.58. The van der Waals surface area contributed by atoms with Gasteiger partial charge in [0.15, 0.2) is 0 Å². The molecule has 3 rings (SSSR count). The zero-order valence-electron chi connectivity index (χ0n) is 11.8. The Hall–Kier alpha value is -1.59. The fourth-order valence-electron chi connectivity index (χ4n) is 1.92. The highest BCUT2D eigenvalue weighted by Crippen LogP contribution is 2.01. The largest absolute Gasteiger partial charge is 0.493 e. The second-order valence-corrected chi connectivity index (χ2v) is 4.62. The monoisotopic (exact) mass is 284 g/mol. The molecule has 1 saturated heterocycles. The van der Waals surface area contributed by atoms with E-state index in [1.165, 1.54) is 0 Å².